The van der Waals surface area contributed by atoms with Gasteiger partial charge < -0.3 is 180 Å². The van der Waals surface area contributed by atoms with E-state index in [9.17, 15) is 126 Å². The first-order valence-electron chi connectivity index (χ1n) is 44.8. The average molecular weight is 1790 g/mol. The highest BCUT2D eigenvalue weighted by atomic mass is 16.8. The van der Waals surface area contributed by atoms with Gasteiger partial charge in [0.25, 0.3) is 5.79 Å². The third kappa shape index (κ3) is 32.7. The Morgan fingerprint density at radius 2 is 0.839 bits per heavy atom. The Balaban J connectivity index is 1.18. The van der Waals surface area contributed by atoms with E-state index in [2.05, 4.69) is 35.1 Å². The molecule has 0 aromatic heterocycles. The van der Waals surface area contributed by atoms with Crippen molar-refractivity contribution >= 4 is 29.6 Å². The molecule has 6 rings (SSSR count). The van der Waals surface area contributed by atoms with Gasteiger partial charge in [0.2, 0.25) is 23.6 Å². The lowest BCUT2D eigenvalue weighted by atomic mass is 9.88. The van der Waals surface area contributed by atoms with E-state index in [1.807, 2.05) is 6.08 Å². The fourth-order valence-electron chi connectivity index (χ4n) is 16.6. The minimum atomic E-state index is -3.47. The summed E-state index contributed by atoms with van der Waals surface area (Å²) in [4.78, 5) is 65.9. The van der Waals surface area contributed by atoms with Crippen molar-refractivity contribution in [1.29, 1.82) is 0 Å². The molecule has 0 spiro atoms. The SMILES string of the molecule is CCCCCCCCCCCCC/C=C/[C@@H](O)[C@H](CO[C@@H]1OC(CO)[C@@H](O[C@@H]2OC(CO)[C@H](O[C@@H]3OC(CO)[C@H](O)[C@H](O[C@@H]4OC(CO)[C@H](O[C@@H]5OC(CO)[C@H](O)[C@H](O)C5NC(C)=O)[C@H](O[C@]5(C(=O)O)CC(O)[C@@H](NC(=O)CO)C([C@H](O)[C@H](O)CO)O5)C4O)C3NC(C)=O)[C@H](O)C2O)[C@H](O)C1O)NC(=O)CCCCCCCCCCCCCCCCCCC. The lowest BCUT2D eigenvalue weighted by Gasteiger charge is -2.53. The third-order valence-corrected chi connectivity index (χ3v) is 23.7. The molecule has 24 N–H and O–H groups in total. The van der Waals surface area contributed by atoms with Gasteiger partial charge >= 0.3 is 5.97 Å². The first-order valence-corrected chi connectivity index (χ1v) is 44.8. The molecule has 33 atom stereocenters. The Kier molecular flexibility index (Phi) is 50.1. The average Bonchev–Trinajstić information content (AvgIpc) is 0.752. The summed E-state index contributed by atoms with van der Waals surface area (Å²) in [7, 11) is 0. The van der Waals surface area contributed by atoms with Gasteiger partial charge in [0.15, 0.2) is 31.5 Å². The normalized spacial score (nSPS) is 35.2. The molecule has 6 aliphatic heterocycles. The molecule has 0 aliphatic carbocycles. The highest BCUT2D eigenvalue weighted by Gasteiger charge is 2.63. The fraction of sp³-hybridized carbons (Fsp3) is 0.916. The highest BCUT2D eigenvalue weighted by molar-refractivity contribution is 5.78. The molecule has 0 aromatic carbocycles. The number of aliphatic hydroxyl groups excluding tert-OH is 19. The van der Waals surface area contributed by atoms with Gasteiger partial charge in [-0.3, -0.25) is 19.2 Å². The molecule has 6 fully saturated rings. The van der Waals surface area contributed by atoms with Crippen LogP contribution in [0.15, 0.2) is 12.2 Å². The maximum Gasteiger partial charge on any atom is 0.364 e. The number of hydrogen-bond donors (Lipinski definition) is 24. The first kappa shape index (κ1) is 109. The van der Waals surface area contributed by atoms with Crippen LogP contribution in [0.3, 0.4) is 0 Å². The molecular weight excluding hydrogens is 1640 g/mol. The summed E-state index contributed by atoms with van der Waals surface area (Å²) >= 11 is 0. The number of carbonyl (C=O) groups is 5. The van der Waals surface area contributed by atoms with E-state index in [4.69, 9.17) is 56.8 Å². The molecule has 722 valence electrons. The molecule has 41 nitrogen and oxygen atoms in total. The number of nitrogens with one attached hydrogen (secondary N) is 4. The molecule has 0 saturated carbocycles. The van der Waals surface area contributed by atoms with Gasteiger partial charge in [-0.2, -0.15) is 0 Å². The second kappa shape index (κ2) is 57.2. The largest absolute Gasteiger partial charge is 0.477 e. The summed E-state index contributed by atoms with van der Waals surface area (Å²) in [5, 5.41) is 234. The number of hydrogen-bond acceptors (Lipinski definition) is 36. The predicted octanol–water partition coefficient (Wildman–Crippen LogP) is -3.32. The van der Waals surface area contributed by atoms with Crippen LogP contribution in [0.2, 0.25) is 0 Å². The minimum Gasteiger partial charge on any atom is -0.477 e. The molecule has 12 unspecified atom stereocenters. The quantitative estimate of drug-likeness (QED) is 0.0209. The Hall–Kier alpha value is -4.15. The third-order valence-electron chi connectivity index (χ3n) is 23.7. The zero-order chi connectivity index (χ0) is 91.2. The number of aliphatic hydroxyl groups is 19. The van der Waals surface area contributed by atoms with E-state index in [0.29, 0.717) is 12.8 Å². The van der Waals surface area contributed by atoms with Crippen LogP contribution in [0.25, 0.3) is 0 Å². The number of unbranched alkanes of at least 4 members (excludes halogenated alkanes) is 27. The number of amides is 4. The van der Waals surface area contributed by atoms with Crippen molar-refractivity contribution in [2.75, 3.05) is 52.9 Å². The van der Waals surface area contributed by atoms with Crippen LogP contribution < -0.4 is 21.3 Å². The second-order valence-electron chi connectivity index (χ2n) is 33.6. The summed E-state index contributed by atoms with van der Waals surface area (Å²) < 4.78 is 72.2. The lowest BCUT2D eigenvalue weighted by Crippen LogP contribution is -2.72. The smallest absolute Gasteiger partial charge is 0.364 e. The molecule has 6 aliphatic rings. The number of ether oxygens (including phenoxy) is 12. The maximum atomic E-state index is 13.8. The van der Waals surface area contributed by atoms with Crippen molar-refractivity contribution in [1.82, 2.24) is 21.3 Å². The van der Waals surface area contributed by atoms with Crippen LogP contribution in [-0.4, -0.2) is 386 Å². The highest BCUT2D eigenvalue weighted by Crippen LogP contribution is 2.42. The van der Waals surface area contributed by atoms with Gasteiger partial charge in [0, 0.05) is 26.7 Å². The number of carboxylic acid groups (broad SMARTS) is 1. The van der Waals surface area contributed by atoms with Crippen LogP contribution in [0, 0.1) is 0 Å². The van der Waals surface area contributed by atoms with E-state index in [1.54, 1.807) is 6.08 Å². The lowest BCUT2D eigenvalue weighted by molar-refractivity contribution is -0.400. The molecule has 41 heteroatoms. The molecule has 4 amide bonds. The molecule has 6 heterocycles. The maximum absolute atomic E-state index is 13.8. The van der Waals surface area contributed by atoms with E-state index in [-0.39, 0.29) is 12.3 Å². The van der Waals surface area contributed by atoms with Gasteiger partial charge in [-0.15, -0.1) is 0 Å². The van der Waals surface area contributed by atoms with Crippen molar-refractivity contribution in [2.24, 2.45) is 0 Å². The summed E-state index contributed by atoms with van der Waals surface area (Å²) in [6.45, 7) is -2.29. The molecule has 0 aromatic rings. The standard InChI is InChI=1S/C83H148N4O37/c1-5-7-9-11-13-15-17-19-20-21-22-24-26-28-30-32-34-36-57(100)86-48(49(97)35-33-31-29-27-25-23-18-16-14-12-10-8-6-2)45-113-79-68(108)66(106)72(54(41-91)116-79)120-80-69(109)67(107)71(55(42-92)117-80)119-78-61(85-47(4)96)74(64(104)53(40-90)115-78)122-81-70(110)76(73(56(43-93)118-81)121-77-60(84-46(3)95)65(105)63(103)52(39-89)114-77)124-83(82(111)112)37-50(98)59(87-58(101)44-94)75(123-83)62(102)51(99)38-88/h33,35,48-56,59-81,88-94,97-99,102-110H,5-32,34,36-45H2,1-4H3,(H,84,95)(H,85,96)(H,86,100)(H,87,101)(H,111,112)/b35-33+/t48-,49+,50?,51+,52?,53?,54?,55?,56?,59+,60?,61?,62+,63-,64-,65+,66+,67+,68?,69?,70?,71-,72+,73-,74+,75?,76+,77-,78-,79+,80-,81-,83-/m0/s1. The summed E-state index contributed by atoms with van der Waals surface area (Å²) in [5.41, 5.74) is 0. The van der Waals surface area contributed by atoms with Gasteiger partial charge in [0.1, 0.15) is 147 Å². The molecule has 0 bridgehead atoms. The number of allylic oxidation sites excluding steroid dienone is 1. The van der Waals surface area contributed by atoms with Gasteiger partial charge in [-0.1, -0.05) is 193 Å². The van der Waals surface area contributed by atoms with Crippen molar-refractivity contribution < 1.29 is 183 Å². The fourth-order valence-corrected chi connectivity index (χ4v) is 16.6. The van der Waals surface area contributed by atoms with E-state index in [1.165, 1.54) is 122 Å². The van der Waals surface area contributed by atoms with Gasteiger partial charge in [0.05, 0.1) is 70.5 Å². The van der Waals surface area contributed by atoms with Crippen molar-refractivity contribution in [2.45, 2.75) is 429 Å². The van der Waals surface area contributed by atoms with Crippen LogP contribution in [0.5, 0.6) is 0 Å². The van der Waals surface area contributed by atoms with Crippen molar-refractivity contribution in [3.63, 3.8) is 0 Å². The topological polar surface area (TPSA) is 649 Å². The van der Waals surface area contributed by atoms with E-state index >= 15 is 0 Å². The van der Waals surface area contributed by atoms with Gasteiger partial charge in [-0.25, -0.2) is 4.79 Å². The summed E-state index contributed by atoms with van der Waals surface area (Å²) in [5.74, 6) is -9.19. The molecular formula is C83H148N4O37. The number of rotatable bonds is 59. The monoisotopic (exact) mass is 1790 g/mol. The zero-order valence-electron chi connectivity index (χ0n) is 72.1. The molecule has 124 heavy (non-hydrogen) atoms. The Morgan fingerprint density at radius 3 is 1.31 bits per heavy atom. The van der Waals surface area contributed by atoms with Crippen LogP contribution in [-0.2, 0) is 80.8 Å². The second-order valence-corrected chi connectivity index (χ2v) is 33.6. The predicted molar refractivity (Wildman–Crippen MR) is 433 cm³/mol. The van der Waals surface area contributed by atoms with Crippen molar-refractivity contribution in [3.05, 3.63) is 12.2 Å². The van der Waals surface area contributed by atoms with E-state index < -0.39 is 285 Å². The van der Waals surface area contributed by atoms with Gasteiger partial charge in [-0.05, 0) is 19.3 Å². The zero-order valence-corrected chi connectivity index (χ0v) is 72.1. The summed E-state index contributed by atoms with van der Waals surface area (Å²) in [6, 6.07) is -6.89. The molecule has 0 radical (unpaired) electrons. The minimum absolute atomic E-state index is 0.153. The van der Waals surface area contributed by atoms with E-state index in [0.717, 1.165) is 65.2 Å². The Bertz CT molecular complexity index is 3020. The van der Waals surface area contributed by atoms with Crippen LogP contribution >= 0.6 is 0 Å². The van der Waals surface area contributed by atoms with Crippen LogP contribution in [0.4, 0.5) is 0 Å². The number of carbonyl (C=O) groups excluding carboxylic acids is 4. The summed E-state index contributed by atoms with van der Waals surface area (Å²) in [6.07, 6.45) is -23.5. The van der Waals surface area contributed by atoms with Crippen LogP contribution in [0.1, 0.15) is 227 Å². The Morgan fingerprint density at radius 1 is 0.427 bits per heavy atom. The number of aliphatic carboxylic acids is 1. The first-order chi connectivity index (χ1) is 59.4. The Labute approximate surface area is 724 Å². The van der Waals surface area contributed by atoms with Crippen molar-refractivity contribution in [3.8, 4) is 0 Å². The number of carboxylic acids is 1. The molecule has 6 saturated heterocycles.